The summed E-state index contributed by atoms with van der Waals surface area (Å²) in [5.74, 6) is 0.850. The van der Waals surface area contributed by atoms with Gasteiger partial charge in [0.2, 0.25) is 0 Å². The number of hydrogen-bond acceptors (Lipinski definition) is 2. The van der Waals surface area contributed by atoms with E-state index in [0.29, 0.717) is 6.42 Å². The number of likely N-dealkylation sites (N-methyl/N-ethyl adjacent to an activating group) is 1. The molecule has 0 bridgehead atoms. The molecule has 0 aliphatic carbocycles. The van der Waals surface area contributed by atoms with Crippen LogP contribution in [-0.4, -0.2) is 29.4 Å². The monoisotopic (exact) mass is 249 g/mol. The number of hydrogen-bond donors (Lipinski definition) is 1. The highest BCUT2D eigenvalue weighted by molar-refractivity contribution is 5.65. The molecule has 0 saturated carbocycles. The summed E-state index contributed by atoms with van der Waals surface area (Å²) >= 11 is 0. The van der Waals surface area contributed by atoms with Crippen LogP contribution >= 0.6 is 0 Å². The third-order valence-electron chi connectivity index (χ3n) is 3.29. The zero-order valence-electron chi connectivity index (χ0n) is 11.2. The molecule has 1 aromatic carbocycles. The first-order valence-electron chi connectivity index (χ1n) is 6.05. The summed E-state index contributed by atoms with van der Waals surface area (Å²) in [5, 5.41) is 9.00. The first-order valence-corrected chi connectivity index (χ1v) is 6.05. The molecule has 1 atom stereocenters. The maximum Gasteiger partial charge on any atom is 0.409 e. The Morgan fingerprint density at radius 1 is 1.44 bits per heavy atom. The summed E-state index contributed by atoms with van der Waals surface area (Å²) in [7, 11) is 1.54. The molecule has 0 spiro atoms. The maximum atomic E-state index is 11.0. The second kappa shape index (κ2) is 4.19. The average Bonchev–Trinajstić information content (AvgIpc) is 2.69. The van der Waals surface area contributed by atoms with Crippen LogP contribution in [0.1, 0.15) is 31.9 Å². The smallest absolute Gasteiger partial charge is 0.409 e. The summed E-state index contributed by atoms with van der Waals surface area (Å²) in [6.45, 7) is 6.38. The van der Waals surface area contributed by atoms with Crippen LogP contribution in [0.5, 0.6) is 5.75 Å². The first-order chi connectivity index (χ1) is 8.30. The summed E-state index contributed by atoms with van der Waals surface area (Å²) < 4.78 is 5.83. The Bertz CT molecular complexity index is 476. The molecule has 4 heteroatoms. The van der Waals surface area contributed by atoms with Gasteiger partial charge in [-0.15, -0.1) is 0 Å². The quantitative estimate of drug-likeness (QED) is 0.832. The molecule has 18 heavy (non-hydrogen) atoms. The minimum absolute atomic E-state index is 0.0119. The van der Waals surface area contributed by atoms with Crippen LogP contribution in [0.2, 0.25) is 0 Å². The molecule has 1 unspecified atom stereocenters. The molecule has 0 radical (unpaired) electrons. The number of carboxylic acid groups (broad SMARTS) is 1. The molecule has 1 aliphatic rings. The molecule has 0 aromatic heterocycles. The summed E-state index contributed by atoms with van der Waals surface area (Å²) in [5.41, 5.74) is 2.20. The fourth-order valence-corrected chi connectivity index (χ4v) is 2.18. The van der Waals surface area contributed by atoms with Crippen molar-refractivity contribution in [1.82, 2.24) is 4.90 Å². The molecule has 1 N–H and O–H groups in total. The Morgan fingerprint density at radius 3 is 2.67 bits per heavy atom. The lowest BCUT2D eigenvalue weighted by atomic mass is 9.85. The molecular formula is C14H19NO3. The average molecular weight is 249 g/mol. The number of fused-ring (bicyclic) bond motifs is 1. The van der Waals surface area contributed by atoms with E-state index in [4.69, 9.17) is 9.84 Å². The highest BCUT2D eigenvalue weighted by Gasteiger charge is 2.32. The standard InChI is InChI=1S/C14H19NO3/c1-14(2,3)10-7-5-6-9-8-11(18-12(9)10)15(4)13(16)17/h5-7,11H,8H2,1-4H3,(H,16,17). The highest BCUT2D eigenvalue weighted by atomic mass is 16.5. The number of carbonyl (C=O) groups is 1. The van der Waals surface area contributed by atoms with Gasteiger partial charge in [-0.05, 0) is 11.0 Å². The van der Waals surface area contributed by atoms with Gasteiger partial charge in [-0.25, -0.2) is 4.79 Å². The fraction of sp³-hybridized carbons (Fsp3) is 0.500. The molecule has 1 heterocycles. The van der Waals surface area contributed by atoms with E-state index < -0.39 is 12.3 Å². The lowest BCUT2D eigenvalue weighted by molar-refractivity contribution is 0.0598. The van der Waals surface area contributed by atoms with E-state index >= 15 is 0 Å². The molecule has 1 amide bonds. The summed E-state index contributed by atoms with van der Waals surface area (Å²) in [4.78, 5) is 12.2. The van der Waals surface area contributed by atoms with E-state index in [1.54, 1.807) is 0 Å². The van der Waals surface area contributed by atoms with Crippen molar-refractivity contribution in [2.24, 2.45) is 0 Å². The van der Waals surface area contributed by atoms with Gasteiger partial charge in [0, 0.05) is 19.0 Å². The second-order valence-electron chi connectivity index (χ2n) is 5.71. The van der Waals surface area contributed by atoms with Gasteiger partial charge in [0.15, 0.2) is 6.23 Å². The molecule has 98 valence electrons. The Hall–Kier alpha value is -1.71. The van der Waals surface area contributed by atoms with Gasteiger partial charge in [0.05, 0.1) is 0 Å². The van der Waals surface area contributed by atoms with E-state index in [-0.39, 0.29) is 5.41 Å². The van der Waals surface area contributed by atoms with Crippen molar-refractivity contribution < 1.29 is 14.6 Å². The van der Waals surface area contributed by atoms with Crippen molar-refractivity contribution in [2.45, 2.75) is 38.8 Å². The minimum Gasteiger partial charge on any atom is -0.469 e. The van der Waals surface area contributed by atoms with Crippen molar-refractivity contribution in [3.8, 4) is 5.75 Å². The van der Waals surface area contributed by atoms with Crippen molar-refractivity contribution in [1.29, 1.82) is 0 Å². The molecular weight excluding hydrogens is 230 g/mol. The SMILES string of the molecule is CN(C(=O)O)C1Cc2cccc(C(C)(C)C)c2O1. The summed E-state index contributed by atoms with van der Waals surface area (Å²) in [6, 6.07) is 6.05. The van der Waals surface area contributed by atoms with Gasteiger partial charge in [-0.1, -0.05) is 39.0 Å². The largest absolute Gasteiger partial charge is 0.469 e. The molecule has 4 nitrogen and oxygen atoms in total. The number of nitrogens with zero attached hydrogens (tertiary/aromatic N) is 1. The van der Waals surface area contributed by atoms with Crippen LogP contribution in [0.3, 0.4) is 0 Å². The Labute approximate surface area is 107 Å². The number of ether oxygens (including phenoxy) is 1. The van der Waals surface area contributed by atoms with Gasteiger partial charge in [-0.3, -0.25) is 4.90 Å². The number of rotatable bonds is 1. The molecule has 1 aromatic rings. The van der Waals surface area contributed by atoms with Crippen molar-refractivity contribution in [3.63, 3.8) is 0 Å². The van der Waals surface area contributed by atoms with Gasteiger partial charge >= 0.3 is 6.09 Å². The number of para-hydroxylation sites is 1. The lowest BCUT2D eigenvalue weighted by Gasteiger charge is -2.24. The zero-order chi connectivity index (χ0) is 13.5. The van der Waals surface area contributed by atoms with E-state index in [2.05, 4.69) is 20.8 Å². The normalized spacial score (nSPS) is 18.1. The van der Waals surface area contributed by atoms with Crippen LogP contribution in [0.25, 0.3) is 0 Å². The first kappa shape index (κ1) is 12.7. The van der Waals surface area contributed by atoms with E-state index in [1.165, 1.54) is 11.9 Å². The van der Waals surface area contributed by atoms with Crippen LogP contribution in [0.4, 0.5) is 4.79 Å². The predicted molar refractivity (Wildman–Crippen MR) is 69.0 cm³/mol. The minimum atomic E-state index is -0.967. The third kappa shape index (κ3) is 2.15. The number of benzene rings is 1. The Kier molecular flexibility index (Phi) is 2.97. The zero-order valence-corrected chi connectivity index (χ0v) is 11.2. The maximum absolute atomic E-state index is 11.0. The van der Waals surface area contributed by atoms with Crippen LogP contribution in [-0.2, 0) is 11.8 Å². The summed E-state index contributed by atoms with van der Waals surface area (Å²) in [6.07, 6.45) is -0.770. The van der Waals surface area contributed by atoms with Gasteiger partial charge in [0.1, 0.15) is 5.75 Å². The van der Waals surface area contributed by atoms with Crippen molar-refractivity contribution >= 4 is 6.09 Å². The molecule has 0 fully saturated rings. The third-order valence-corrected chi connectivity index (χ3v) is 3.29. The second-order valence-corrected chi connectivity index (χ2v) is 5.71. The Morgan fingerprint density at radius 2 is 2.11 bits per heavy atom. The Balaban J connectivity index is 2.33. The molecule has 2 rings (SSSR count). The van der Waals surface area contributed by atoms with Crippen LogP contribution < -0.4 is 4.74 Å². The van der Waals surface area contributed by atoms with Gasteiger partial charge in [-0.2, -0.15) is 0 Å². The highest BCUT2D eigenvalue weighted by Crippen LogP contribution is 2.39. The van der Waals surface area contributed by atoms with E-state index in [1.807, 2.05) is 18.2 Å². The molecule has 0 saturated heterocycles. The molecule has 1 aliphatic heterocycles. The van der Waals surface area contributed by atoms with Gasteiger partial charge in [0.25, 0.3) is 0 Å². The van der Waals surface area contributed by atoms with E-state index in [9.17, 15) is 4.79 Å². The predicted octanol–water partition coefficient (Wildman–Crippen LogP) is 2.85. The van der Waals surface area contributed by atoms with Crippen molar-refractivity contribution in [2.75, 3.05) is 7.05 Å². The fourth-order valence-electron chi connectivity index (χ4n) is 2.18. The van der Waals surface area contributed by atoms with Gasteiger partial charge < -0.3 is 9.84 Å². The lowest BCUT2D eigenvalue weighted by Crippen LogP contribution is -2.39. The van der Waals surface area contributed by atoms with Crippen molar-refractivity contribution in [3.05, 3.63) is 29.3 Å². The van der Waals surface area contributed by atoms with Crippen LogP contribution in [0.15, 0.2) is 18.2 Å². The number of amides is 1. The topological polar surface area (TPSA) is 49.8 Å². The van der Waals surface area contributed by atoms with E-state index in [0.717, 1.165) is 16.9 Å². The van der Waals surface area contributed by atoms with Crippen LogP contribution in [0, 0.1) is 0 Å².